The van der Waals surface area contributed by atoms with Crippen molar-refractivity contribution in [2.75, 3.05) is 0 Å². The summed E-state index contributed by atoms with van der Waals surface area (Å²) < 4.78 is 17.7. The Morgan fingerprint density at radius 2 is 0.512 bits per heavy atom. The van der Waals surface area contributed by atoms with Crippen molar-refractivity contribution in [3.8, 4) is 0 Å². The van der Waals surface area contributed by atoms with Crippen LogP contribution in [0.15, 0.2) is 164 Å². The van der Waals surface area contributed by atoms with Gasteiger partial charge >= 0.3 is 0 Å². The van der Waals surface area contributed by atoms with Crippen LogP contribution in [0.3, 0.4) is 0 Å². The van der Waals surface area contributed by atoms with E-state index in [2.05, 4.69) is 221 Å². The zero-order chi connectivity index (χ0) is 56.5. The predicted molar refractivity (Wildman–Crippen MR) is 346 cm³/mol. The highest BCUT2D eigenvalue weighted by molar-refractivity contribution is 8.02. The molecule has 8 atom stereocenters. The van der Waals surface area contributed by atoms with Gasteiger partial charge in [-0.25, -0.2) is 19.9 Å². The molecule has 0 saturated heterocycles. The van der Waals surface area contributed by atoms with Gasteiger partial charge < -0.3 is 0 Å². The maximum absolute atomic E-state index is 4.69. The normalized spacial score (nSPS) is 14.6. The van der Waals surface area contributed by atoms with Crippen molar-refractivity contribution < 1.29 is 0 Å². The highest BCUT2D eigenvalue weighted by atomic mass is 32.2. The first kappa shape index (κ1) is 59.3. The van der Waals surface area contributed by atoms with Gasteiger partial charge in [-0.05, 0) is 126 Å². The first-order valence-electron chi connectivity index (χ1n) is 26.7. The largest absolute Gasteiger partial charge is 0.269 e. The van der Waals surface area contributed by atoms with Crippen LogP contribution in [-0.4, -0.2) is 80.1 Å². The lowest BCUT2D eigenvalue weighted by molar-refractivity contribution is 0.487. The van der Waals surface area contributed by atoms with Gasteiger partial charge in [-0.1, -0.05) is 123 Å². The fourth-order valence-corrected chi connectivity index (χ4v) is 17.7. The van der Waals surface area contributed by atoms with Gasteiger partial charge in [0.25, 0.3) is 0 Å². The average Bonchev–Trinajstić information content (AvgIpc) is 4.32. The SMILES string of the molecule is Cc1cnn([C@@H](C)[C@@H](C)Sc2nc3ccccc3s2)c1.Cc1cnn([C@@H](C)[C@H](C)Sc2nc3ccccc3s2)c1.Cc1cnn([C@H](C)[C@@H](C)Sc2nc3ccccc3s2)c1.Cc1cnn([C@H](C)[C@H](C)Sc2nc3ccccc3s2)c1. The van der Waals surface area contributed by atoms with E-state index in [9.17, 15) is 0 Å². The number of para-hydroxylation sites is 4. The molecular formula is C60H68N12S8. The maximum atomic E-state index is 4.69. The number of thiazole rings is 4. The highest BCUT2D eigenvalue weighted by Crippen LogP contribution is 2.39. The summed E-state index contributed by atoms with van der Waals surface area (Å²) in [7, 11) is 0. The number of hydrogen-bond donors (Lipinski definition) is 0. The Bertz CT molecular complexity index is 3230. The van der Waals surface area contributed by atoms with E-state index >= 15 is 0 Å². The molecule has 0 N–H and O–H groups in total. The Kier molecular flexibility index (Phi) is 20.5. The molecule has 0 amide bonds. The zero-order valence-electron chi connectivity index (χ0n) is 47.1. The third-order valence-electron chi connectivity index (χ3n) is 13.6. The van der Waals surface area contributed by atoms with Crippen molar-refractivity contribution in [2.45, 2.75) is 146 Å². The summed E-state index contributed by atoms with van der Waals surface area (Å²) in [4.78, 5) is 18.7. The van der Waals surface area contributed by atoms with E-state index in [4.69, 9.17) is 0 Å². The van der Waals surface area contributed by atoms with Crippen LogP contribution in [-0.2, 0) is 0 Å². The van der Waals surface area contributed by atoms with E-state index in [-0.39, 0.29) is 0 Å². The number of thioether (sulfide) groups is 4. The van der Waals surface area contributed by atoms with E-state index in [1.54, 1.807) is 45.3 Å². The van der Waals surface area contributed by atoms with Crippen LogP contribution in [0.4, 0.5) is 0 Å². The molecule has 0 unspecified atom stereocenters. The van der Waals surface area contributed by atoms with E-state index in [0.29, 0.717) is 45.2 Å². The number of nitrogens with zero attached hydrogens (tertiary/aromatic N) is 12. The minimum atomic E-state index is 0.348. The Morgan fingerprint density at radius 3 is 0.688 bits per heavy atom. The molecule has 0 fully saturated rings. The standard InChI is InChI=1S/4C15H17N3S2/c4*1-10-8-16-18(9-10)11(2)12(3)19-15-17-13-6-4-5-7-14(13)20-15/h4*4-9,11-12H,1-3H3/t2*11-,12+;2*11-,12-/m1010/s1. The second-order valence-electron chi connectivity index (χ2n) is 20.0. The van der Waals surface area contributed by atoms with Gasteiger partial charge in [-0.3, -0.25) is 18.7 Å². The third-order valence-corrected chi connectivity index (χ3v) is 23.3. The lowest BCUT2D eigenvalue weighted by atomic mass is 10.2. The number of hydrogen-bond acceptors (Lipinski definition) is 16. The molecule has 0 bridgehead atoms. The highest BCUT2D eigenvalue weighted by Gasteiger charge is 2.22. The summed E-state index contributed by atoms with van der Waals surface area (Å²) in [6.07, 6.45) is 16.0. The lowest BCUT2D eigenvalue weighted by Crippen LogP contribution is -2.16. The first-order chi connectivity index (χ1) is 38.5. The van der Waals surface area contributed by atoms with Crippen molar-refractivity contribution >= 4 is 133 Å². The van der Waals surface area contributed by atoms with Crippen LogP contribution in [0.2, 0.25) is 0 Å². The molecule has 12 nitrogen and oxygen atoms in total. The molecule has 416 valence electrons. The molecule has 0 spiro atoms. The second-order valence-corrected chi connectivity index (χ2v) is 30.7. The molecule has 0 radical (unpaired) electrons. The van der Waals surface area contributed by atoms with E-state index in [1.165, 1.54) is 41.1 Å². The van der Waals surface area contributed by atoms with Crippen molar-refractivity contribution in [2.24, 2.45) is 0 Å². The number of rotatable bonds is 16. The summed E-state index contributed by atoms with van der Waals surface area (Å²) in [5.41, 5.74) is 9.18. The number of aromatic nitrogens is 12. The number of fused-ring (bicyclic) bond motifs is 4. The van der Waals surface area contributed by atoms with Crippen LogP contribution in [0, 0.1) is 27.7 Å². The van der Waals surface area contributed by atoms with Gasteiger partial charge in [-0.15, -0.1) is 45.3 Å². The molecular weight excluding hydrogens is 1150 g/mol. The third kappa shape index (κ3) is 15.6. The van der Waals surface area contributed by atoms with Gasteiger partial charge in [0.2, 0.25) is 0 Å². The summed E-state index contributed by atoms with van der Waals surface area (Å²) in [5, 5.41) is 19.3. The van der Waals surface area contributed by atoms with Crippen LogP contribution < -0.4 is 0 Å². The van der Waals surface area contributed by atoms with E-state index < -0.39 is 0 Å². The topological polar surface area (TPSA) is 123 Å². The van der Waals surface area contributed by atoms with E-state index in [1.807, 2.05) is 115 Å². The molecule has 4 aromatic carbocycles. The lowest BCUT2D eigenvalue weighted by Gasteiger charge is -2.18. The molecule has 12 rings (SSSR count). The molecule has 12 aromatic rings. The quantitative estimate of drug-likeness (QED) is 0.0856. The van der Waals surface area contributed by atoms with Gasteiger partial charge in [0, 0.05) is 45.8 Å². The monoisotopic (exact) mass is 1210 g/mol. The Labute approximate surface area is 502 Å². The van der Waals surface area contributed by atoms with Gasteiger partial charge in [0.05, 0.1) is 89.8 Å². The fourth-order valence-electron chi connectivity index (χ4n) is 8.12. The Morgan fingerprint density at radius 1 is 0.312 bits per heavy atom. The number of benzene rings is 4. The molecule has 0 aliphatic rings. The van der Waals surface area contributed by atoms with Crippen LogP contribution in [0.1, 0.15) is 102 Å². The minimum Gasteiger partial charge on any atom is -0.269 e. The van der Waals surface area contributed by atoms with Crippen LogP contribution in [0.25, 0.3) is 40.9 Å². The van der Waals surface area contributed by atoms with Crippen molar-refractivity contribution in [3.05, 3.63) is 169 Å². The molecule has 80 heavy (non-hydrogen) atoms. The number of aryl methyl sites for hydroxylation is 4. The maximum Gasteiger partial charge on any atom is 0.151 e. The van der Waals surface area contributed by atoms with E-state index in [0.717, 1.165) is 39.4 Å². The minimum absolute atomic E-state index is 0.348. The van der Waals surface area contributed by atoms with Gasteiger partial charge in [0.15, 0.2) is 17.4 Å². The predicted octanol–water partition coefficient (Wildman–Crippen LogP) is 18.2. The molecule has 20 heteroatoms. The summed E-state index contributed by atoms with van der Waals surface area (Å²) >= 11 is 14.4. The summed E-state index contributed by atoms with van der Waals surface area (Å²) in [6, 6.07) is 34.6. The average molecular weight is 1210 g/mol. The van der Waals surface area contributed by atoms with Crippen molar-refractivity contribution in [3.63, 3.8) is 0 Å². The summed E-state index contributed by atoms with van der Waals surface area (Å²) in [6.45, 7) is 26.0. The first-order valence-corrected chi connectivity index (χ1v) is 33.4. The molecule has 0 aliphatic carbocycles. The summed E-state index contributed by atoms with van der Waals surface area (Å²) in [5.74, 6) is 0. The van der Waals surface area contributed by atoms with Crippen molar-refractivity contribution in [1.82, 2.24) is 59.1 Å². The van der Waals surface area contributed by atoms with Crippen LogP contribution >= 0.6 is 92.4 Å². The smallest absolute Gasteiger partial charge is 0.151 e. The Balaban J connectivity index is 0.000000129. The van der Waals surface area contributed by atoms with Crippen LogP contribution in [0.5, 0.6) is 0 Å². The second kappa shape index (κ2) is 27.6. The van der Waals surface area contributed by atoms with Gasteiger partial charge in [-0.2, -0.15) is 20.4 Å². The van der Waals surface area contributed by atoms with Gasteiger partial charge in [0.1, 0.15) is 0 Å². The Hall–Kier alpha value is -5.32. The van der Waals surface area contributed by atoms with Crippen molar-refractivity contribution in [1.29, 1.82) is 0 Å². The zero-order valence-corrected chi connectivity index (χ0v) is 53.6. The molecule has 0 saturated carbocycles. The molecule has 0 aliphatic heterocycles. The molecule has 8 aromatic heterocycles. The molecule has 8 heterocycles. The fraction of sp³-hybridized carbons (Fsp3) is 0.333.